The largest absolute Gasteiger partial charge is 0.310 e. The minimum absolute atomic E-state index is 0.0603. The van der Waals surface area contributed by atoms with Gasteiger partial charge >= 0.3 is 0 Å². The average Bonchev–Trinajstić information content (AvgIpc) is 2.87. The zero-order chi connectivity index (χ0) is 13.3. The van der Waals surface area contributed by atoms with Crippen molar-refractivity contribution < 1.29 is 8.78 Å². The van der Waals surface area contributed by atoms with Crippen LogP contribution in [0.2, 0.25) is 0 Å². The van der Waals surface area contributed by atoms with Gasteiger partial charge in [-0.2, -0.15) is 0 Å². The van der Waals surface area contributed by atoms with Crippen molar-refractivity contribution in [2.24, 2.45) is 11.3 Å². The van der Waals surface area contributed by atoms with Crippen molar-refractivity contribution in [2.75, 3.05) is 6.54 Å². The molecule has 2 atom stereocenters. The molecule has 2 unspecified atom stereocenters. The molecule has 1 nitrogen and oxygen atoms in total. The topological polar surface area (TPSA) is 12.0 Å². The maximum atomic E-state index is 13.3. The lowest BCUT2D eigenvalue weighted by Gasteiger charge is -2.21. The highest BCUT2D eigenvalue weighted by Crippen LogP contribution is 2.57. The van der Waals surface area contributed by atoms with Crippen LogP contribution in [0.4, 0.5) is 8.78 Å². The van der Waals surface area contributed by atoms with E-state index in [0.29, 0.717) is 5.92 Å². The molecule has 0 saturated heterocycles. The highest BCUT2D eigenvalue weighted by Gasteiger charge is 2.50. The Morgan fingerprint density at radius 1 is 1.28 bits per heavy atom. The van der Waals surface area contributed by atoms with Crippen LogP contribution in [0, 0.1) is 23.0 Å². The molecular weight excluding hydrogens is 232 g/mol. The second-order valence-corrected chi connectivity index (χ2v) is 5.93. The quantitative estimate of drug-likeness (QED) is 0.834. The Morgan fingerprint density at radius 3 is 2.28 bits per heavy atom. The Labute approximate surface area is 108 Å². The SMILES string of the molecule is CCCNC(c1cc(F)cc(F)c1)C1CC1(C)C. The van der Waals surface area contributed by atoms with E-state index in [4.69, 9.17) is 0 Å². The van der Waals surface area contributed by atoms with Gasteiger partial charge in [0.15, 0.2) is 0 Å². The maximum Gasteiger partial charge on any atom is 0.126 e. The highest BCUT2D eigenvalue weighted by atomic mass is 19.1. The van der Waals surface area contributed by atoms with Crippen LogP contribution in [0.3, 0.4) is 0 Å². The molecule has 1 N–H and O–H groups in total. The first kappa shape index (κ1) is 13.5. The summed E-state index contributed by atoms with van der Waals surface area (Å²) in [6.07, 6.45) is 2.12. The van der Waals surface area contributed by atoms with Gasteiger partial charge in [-0.05, 0) is 48.4 Å². The second-order valence-electron chi connectivity index (χ2n) is 5.93. The summed E-state index contributed by atoms with van der Waals surface area (Å²) in [7, 11) is 0. The van der Waals surface area contributed by atoms with E-state index in [9.17, 15) is 8.78 Å². The van der Waals surface area contributed by atoms with E-state index >= 15 is 0 Å². The van der Waals surface area contributed by atoms with E-state index < -0.39 is 11.6 Å². The van der Waals surface area contributed by atoms with E-state index in [0.717, 1.165) is 31.0 Å². The third-order valence-electron chi connectivity index (χ3n) is 3.85. The summed E-state index contributed by atoms with van der Waals surface area (Å²) in [5.74, 6) is -0.524. The molecule has 0 amide bonds. The van der Waals surface area contributed by atoms with Crippen LogP contribution in [-0.4, -0.2) is 6.54 Å². The van der Waals surface area contributed by atoms with Crippen molar-refractivity contribution >= 4 is 0 Å². The van der Waals surface area contributed by atoms with Crippen LogP contribution in [0.15, 0.2) is 18.2 Å². The number of benzene rings is 1. The second kappa shape index (κ2) is 4.96. The Bertz CT molecular complexity index is 408. The lowest BCUT2D eigenvalue weighted by atomic mass is 9.96. The summed E-state index contributed by atoms with van der Waals surface area (Å²) in [6, 6.07) is 3.89. The first-order chi connectivity index (χ1) is 8.44. The number of halogens is 2. The molecule has 2 rings (SSSR count). The molecule has 1 aliphatic carbocycles. The molecule has 1 saturated carbocycles. The van der Waals surface area contributed by atoms with E-state index in [-0.39, 0.29) is 11.5 Å². The fraction of sp³-hybridized carbons (Fsp3) is 0.600. The minimum Gasteiger partial charge on any atom is -0.310 e. The molecule has 18 heavy (non-hydrogen) atoms. The smallest absolute Gasteiger partial charge is 0.126 e. The van der Waals surface area contributed by atoms with Crippen LogP contribution in [0.25, 0.3) is 0 Å². The van der Waals surface area contributed by atoms with Crippen LogP contribution in [-0.2, 0) is 0 Å². The van der Waals surface area contributed by atoms with Gasteiger partial charge in [-0.25, -0.2) is 8.78 Å². The van der Waals surface area contributed by atoms with Crippen molar-refractivity contribution in [3.8, 4) is 0 Å². The van der Waals surface area contributed by atoms with E-state index in [1.165, 1.54) is 12.1 Å². The molecule has 0 bridgehead atoms. The Morgan fingerprint density at radius 2 is 1.83 bits per heavy atom. The summed E-state index contributed by atoms with van der Waals surface area (Å²) in [5, 5.41) is 3.42. The zero-order valence-corrected chi connectivity index (χ0v) is 11.3. The zero-order valence-electron chi connectivity index (χ0n) is 11.3. The molecule has 0 spiro atoms. The first-order valence-electron chi connectivity index (χ1n) is 6.63. The molecule has 0 radical (unpaired) electrons. The highest BCUT2D eigenvalue weighted by molar-refractivity contribution is 5.25. The van der Waals surface area contributed by atoms with Crippen LogP contribution < -0.4 is 5.32 Å². The molecule has 0 aromatic heterocycles. The van der Waals surface area contributed by atoms with Crippen molar-refractivity contribution in [3.63, 3.8) is 0 Å². The van der Waals surface area contributed by atoms with Gasteiger partial charge in [-0.3, -0.25) is 0 Å². The first-order valence-corrected chi connectivity index (χ1v) is 6.63. The average molecular weight is 253 g/mol. The van der Waals surface area contributed by atoms with Gasteiger partial charge in [0.05, 0.1) is 0 Å². The number of rotatable bonds is 5. The van der Waals surface area contributed by atoms with Gasteiger partial charge in [0.25, 0.3) is 0 Å². The third kappa shape index (κ3) is 2.89. The number of hydrogen-bond acceptors (Lipinski definition) is 1. The number of nitrogens with one attached hydrogen (secondary N) is 1. The van der Waals surface area contributed by atoms with E-state index in [1.807, 2.05) is 0 Å². The maximum absolute atomic E-state index is 13.3. The molecule has 1 aromatic rings. The molecule has 1 fully saturated rings. The van der Waals surface area contributed by atoms with E-state index in [2.05, 4.69) is 26.1 Å². The van der Waals surface area contributed by atoms with Crippen molar-refractivity contribution in [1.29, 1.82) is 0 Å². The van der Waals surface area contributed by atoms with Crippen molar-refractivity contribution in [1.82, 2.24) is 5.32 Å². The molecular formula is C15H21F2N. The summed E-state index contributed by atoms with van der Waals surface area (Å²) in [4.78, 5) is 0. The summed E-state index contributed by atoms with van der Waals surface area (Å²) >= 11 is 0. The lowest BCUT2D eigenvalue weighted by Crippen LogP contribution is -2.25. The lowest BCUT2D eigenvalue weighted by molar-refractivity contribution is 0.412. The summed E-state index contributed by atoms with van der Waals surface area (Å²) < 4.78 is 26.6. The van der Waals surface area contributed by atoms with Crippen molar-refractivity contribution in [2.45, 2.75) is 39.7 Å². The minimum atomic E-state index is -0.494. The van der Waals surface area contributed by atoms with Gasteiger partial charge in [-0.1, -0.05) is 20.8 Å². The van der Waals surface area contributed by atoms with Crippen LogP contribution in [0.1, 0.15) is 45.2 Å². The van der Waals surface area contributed by atoms with Crippen molar-refractivity contribution in [3.05, 3.63) is 35.4 Å². The fourth-order valence-electron chi connectivity index (χ4n) is 2.62. The monoisotopic (exact) mass is 253 g/mol. The van der Waals surface area contributed by atoms with Crippen LogP contribution >= 0.6 is 0 Å². The summed E-state index contributed by atoms with van der Waals surface area (Å²) in [6.45, 7) is 7.37. The Kier molecular flexibility index (Phi) is 3.71. The van der Waals surface area contributed by atoms with E-state index in [1.54, 1.807) is 0 Å². The van der Waals surface area contributed by atoms with Gasteiger partial charge in [0.1, 0.15) is 11.6 Å². The van der Waals surface area contributed by atoms with Crippen LogP contribution in [0.5, 0.6) is 0 Å². The summed E-state index contributed by atoms with van der Waals surface area (Å²) in [5.41, 5.74) is 1.00. The van der Waals surface area contributed by atoms with Gasteiger partial charge < -0.3 is 5.32 Å². The molecule has 1 aromatic carbocycles. The predicted molar refractivity (Wildman–Crippen MR) is 69.3 cm³/mol. The molecule has 1 aliphatic rings. The predicted octanol–water partition coefficient (Wildman–Crippen LogP) is 4.05. The fourth-order valence-corrected chi connectivity index (χ4v) is 2.62. The standard InChI is InChI=1S/C15H21F2N/c1-4-5-18-14(13-9-15(13,2)3)10-6-11(16)8-12(17)7-10/h6-8,13-14,18H,4-5,9H2,1-3H3. The third-order valence-corrected chi connectivity index (χ3v) is 3.85. The Hall–Kier alpha value is -0.960. The van der Waals surface area contributed by atoms with Gasteiger partial charge in [0, 0.05) is 12.1 Å². The van der Waals surface area contributed by atoms with Gasteiger partial charge in [-0.15, -0.1) is 0 Å². The normalized spacial score (nSPS) is 22.8. The molecule has 100 valence electrons. The molecule has 0 aliphatic heterocycles. The molecule has 0 heterocycles. The Balaban J connectivity index is 2.22. The molecule has 3 heteroatoms. The number of hydrogen-bond donors (Lipinski definition) is 1. The van der Waals surface area contributed by atoms with Gasteiger partial charge in [0.2, 0.25) is 0 Å².